The SMILES string of the molecule is CC(C)C(C)(C(=O)OCC(F)(F)F)C(C)(C)C. The zero-order chi connectivity index (χ0) is 14.1. The molecule has 0 fully saturated rings. The van der Waals surface area contributed by atoms with E-state index < -0.39 is 29.6 Å². The lowest BCUT2D eigenvalue weighted by atomic mass is 9.62. The number of ether oxygens (including phenoxy) is 1. The summed E-state index contributed by atoms with van der Waals surface area (Å²) in [6.45, 7) is 9.20. The van der Waals surface area contributed by atoms with Crippen molar-refractivity contribution in [3.05, 3.63) is 0 Å². The third kappa shape index (κ3) is 3.89. The van der Waals surface area contributed by atoms with E-state index in [-0.39, 0.29) is 5.92 Å². The second-order valence-corrected chi connectivity index (χ2v) is 5.80. The van der Waals surface area contributed by atoms with Gasteiger partial charge in [0.05, 0.1) is 5.41 Å². The average Bonchev–Trinajstić information content (AvgIpc) is 2.09. The molecule has 0 rings (SSSR count). The lowest BCUT2D eigenvalue weighted by Crippen LogP contribution is -2.46. The molecule has 0 radical (unpaired) electrons. The van der Waals surface area contributed by atoms with Gasteiger partial charge < -0.3 is 4.74 Å². The minimum atomic E-state index is -4.48. The van der Waals surface area contributed by atoms with Gasteiger partial charge in [0.15, 0.2) is 6.61 Å². The van der Waals surface area contributed by atoms with E-state index in [0.29, 0.717) is 0 Å². The van der Waals surface area contributed by atoms with Crippen LogP contribution in [0.3, 0.4) is 0 Å². The molecule has 0 aliphatic rings. The summed E-state index contributed by atoms with van der Waals surface area (Å²) >= 11 is 0. The predicted molar refractivity (Wildman–Crippen MR) is 59.4 cm³/mol. The van der Waals surface area contributed by atoms with E-state index >= 15 is 0 Å². The molecular formula is C12H21F3O2. The van der Waals surface area contributed by atoms with E-state index in [9.17, 15) is 18.0 Å². The van der Waals surface area contributed by atoms with Crippen LogP contribution in [0.2, 0.25) is 0 Å². The maximum atomic E-state index is 12.0. The molecule has 102 valence electrons. The largest absolute Gasteiger partial charge is 0.456 e. The van der Waals surface area contributed by atoms with Crippen LogP contribution in [0, 0.1) is 16.7 Å². The molecule has 0 aromatic carbocycles. The van der Waals surface area contributed by atoms with Crippen molar-refractivity contribution >= 4 is 5.97 Å². The lowest BCUT2D eigenvalue weighted by Gasteiger charge is -2.42. The van der Waals surface area contributed by atoms with Crippen molar-refractivity contribution in [2.75, 3.05) is 6.61 Å². The Balaban J connectivity index is 4.93. The van der Waals surface area contributed by atoms with Crippen molar-refractivity contribution < 1.29 is 22.7 Å². The van der Waals surface area contributed by atoms with Crippen molar-refractivity contribution in [2.45, 2.75) is 47.7 Å². The van der Waals surface area contributed by atoms with Gasteiger partial charge in [0, 0.05) is 0 Å². The fourth-order valence-corrected chi connectivity index (χ4v) is 1.71. The molecule has 0 heterocycles. The molecule has 2 nitrogen and oxygen atoms in total. The smallest absolute Gasteiger partial charge is 0.422 e. The Morgan fingerprint density at radius 1 is 1.12 bits per heavy atom. The van der Waals surface area contributed by atoms with Crippen LogP contribution in [0.4, 0.5) is 13.2 Å². The van der Waals surface area contributed by atoms with Crippen molar-refractivity contribution in [1.82, 2.24) is 0 Å². The van der Waals surface area contributed by atoms with Crippen molar-refractivity contribution in [1.29, 1.82) is 0 Å². The highest BCUT2D eigenvalue weighted by molar-refractivity contribution is 5.77. The third-order valence-electron chi connectivity index (χ3n) is 3.50. The van der Waals surface area contributed by atoms with Gasteiger partial charge in [0.1, 0.15) is 0 Å². The van der Waals surface area contributed by atoms with Crippen LogP contribution >= 0.6 is 0 Å². The minimum Gasteiger partial charge on any atom is -0.456 e. The molecule has 5 heteroatoms. The van der Waals surface area contributed by atoms with Crippen molar-refractivity contribution in [3.63, 3.8) is 0 Å². The Kier molecular flexibility index (Phi) is 4.65. The van der Waals surface area contributed by atoms with Gasteiger partial charge in [-0.1, -0.05) is 34.6 Å². The standard InChI is InChI=1S/C12H21F3O2/c1-8(2)11(6,10(3,4)5)9(16)17-7-12(13,14)15/h8H,7H2,1-6H3. The van der Waals surface area contributed by atoms with Gasteiger partial charge >= 0.3 is 12.1 Å². The Morgan fingerprint density at radius 3 is 1.76 bits per heavy atom. The number of halogens is 3. The van der Waals surface area contributed by atoms with Gasteiger partial charge in [0.2, 0.25) is 0 Å². The van der Waals surface area contributed by atoms with Gasteiger partial charge in [0.25, 0.3) is 0 Å². The first-order chi connectivity index (χ1) is 7.32. The fourth-order valence-electron chi connectivity index (χ4n) is 1.71. The van der Waals surface area contributed by atoms with E-state index in [4.69, 9.17) is 0 Å². The number of carbonyl (C=O) groups is 1. The maximum absolute atomic E-state index is 12.0. The number of rotatable bonds is 3. The molecule has 0 aliphatic carbocycles. The molecule has 0 bridgehead atoms. The highest BCUT2D eigenvalue weighted by Gasteiger charge is 2.48. The second-order valence-electron chi connectivity index (χ2n) is 5.80. The van der Waals surface area contributed by atoms with E-state index in [1.165, 1.54) is 0 Å². The van der Waals surface area contributed by atoms with Crippen LogP contribution in [0.15, 0.2) is 0 Å². The summed E-state index contributed by atoms with van der Waals surface area (Å²) in [5.41, 5.74) is -1.41. The monoisotopic (exact) mass is 254 g/mol. The van der Waals surface area contributed by atoms with E-state index in [2.05, 4.69) is 4.74 Å². The van der Waals surface area contributed by atoms with Gasteiger partial charge in [-0.2, -0.15) is 13.2 Å². The Bertz CT molecular complexity index is 276. The van der Waals surface area contributed by atoms with E-state index in [1.807, 2.05) is 20.8 Å². The predicted octanol–water partition coefficient (Wildman–Crippen LogP) is 3.80. The molecule has 0 N–H and O–H groups in total. The third-order valence-corrected chi connectivity index (χ3v) is 3.50. The van der Waals surface area contributed by atoms with Crippen molar-refractivity contribution in [3.8, 4) is 0 Å². The summed E-state index contributed by atoms with van der Waals surface area (Å²) in [4.78, 5) is 11.9. The molecule has 0 aromatic rings. The zero-order valence-corrected chi connectivity index (χ0v) is 11.2. The molecule has 0 aliphatic heterocycles. The zero-order valence-electron chi connectivity index (χ0n) is 11.2. The molecule has 0 saturated heterocycles. The van der Waals surface area contributed by atoms with Gasteiger partial charge in [-0.3, -0.25) is 4.79 Å². The maximum Gasteiger partial charge on any atom is 0.422 e. The average molecular weight is 254 g/mol. The van der Waals surface area contributed by atoms with Gasteiger partial charge in [-0.15, -0.1) is 0 Å². The quantitative estimate of drug-likeness (QED) is 0.716. The first kappa shape index (κ1) is 16.3. The van der Waals surface area contributed by atoms with Crippen LogP contribution in [-0.4, -0.2) is 18.8 Å². The molecular weight excluding hydrogens is 233 g/mol. The topological polar surface area (TPSA) is 26.3 Å². The van der Waals surface area contributed by atoms with Gasteiger partial charge in [-0.05, 0) is 18.3 Å². The molecule has 17 heavy (non-hydrogen) atoms. The number of carbonyl (C=O) groups excluding carboxylic acids is 1. The molecule has 0 spiro atoms. The lowest BCUT2D eigenvalue weighted by molar-refractivity contribution is -0.199. The van der Waals surface area contributed by atoms with Crippen LogP contribution in [0.1, 0.15) is 41.5 Å². The molecule has 0 saturated carbocycles. The first-order valence-corrected chi connectivity index (χ1v) is 5.56. The molecule has 1 unspecified atom stereocenters. The van der Waals surface area contributed by atoms with Crippen LogP contribution in [0.5, 0.6) is 0 Å². The highest BCUT2D eigenvalue weighted by atomic mass is 19.4. The van der Waals surface area contributed by atoms with E-state index in [0.717, 1.165) is 0 Å². The normalized spacial score (nSPS) is 16.8. The first-order valence-electron chi connectivity index (χ1n) is 5.56. The van der Waals surface area contributed by atoms with Crippen LogP contribution in [0.25, 0.3) is 0 Å². The summed E-state index contributed by atoms with van der Waals surface area (Å²) in [7, 11) is 0. The Labute approximate surface area is 101 Å². The van der Waals surface area contributed by atoms with Crippen LogP contribution in [-0.2, 0) is 9.53 Å². The highest BCUT2D eigenvalue weighted by Crippen LogP contribution is 2.45. The minimum absolute atomic E-state index is 0.108. The number of hydrogen-bond donors (Lipinski definition) is 0. The Hall–Kier alpha value is -0.740. The summed E-state index contributed by atoms with van der Waals surface area (Å²) in [6.07, 6.45) is -4.48. The fraction of sp³-hybridized carbons (Fsp3) is 0.917. The van der Waals surface area contributed by atoms with Crippen molar-refractivity contribution in [2.24, 2.45) is 16.7 Å². The summed E-state index contributed by atoms with van der Waals surface area (Å²) in [5.74, 6) is -0.902. The summed E-state index contributed by atoms with van der Waals surface area (Å²) < 4.78 is 40.5. The number of esters is 1. The Morgan fingerprint density at radius 2 is 1.53 bits per heavy atom. The van der Waals surface area contributed by atoms with Gasteiger partial charge in [-0.25, -0.2) is 0 Å². The van der Waals surface area contributed by atoms with Crippen LogP contribution < -0.4 is 0 Å². The molecule has 1 atom stereocenters. The molecule has 0 amide bonds. The van der Waals surface area contributed by atoms with E-state index in [1.54, 1.807) is 20.8 Å². The summed E-state index contributed by atoms with van der Waals surface area (Å²) in [5, 5.41) is 0. The number of hydrogen-bond acceptors (Lipinski definition) is 2. The second kappa shape index (κ2) is 4.86. The summed E-state index contributed by atoms with van der Waals surface area (Å²) in [6, 6.07) is 0. The number of alkyl halides is 3. The molecule has 0 aromatic heterocycles.